The number of aromatic nitrogens is 1. The minimum atomic E-state index is -0.131. The largest absolute Gasteiger partial charge is 0.497 e. The quantitative estimate of drug-likeness (QED) is 0.908. The van der Waals surface area contributed by atoms with Gasteiger partial charge in [0, 0.05) is 17.9 Å². The Morgan fingerprint density at radius 3 is 2.90 bits per heavy atom. The number of nitrogen functional groups attached to an aromatic ring is 1. The summed E-state index contributed by atoms with van der Waals surface area (Å²) in [7, 11) is 3.21. The second-order valence-electron chi connectivity index (χ2n) is 4.68. The van der Waals surface area contributed by atoms with Crippen molar-refractivity contribution < 1.29 is 14.3 Å². The highest BCUT2D eigenvalue weighted by atomic mass is 32.1. The lowest BCUT2D eigenvalue weighted by Crippen LogP contribution is -2.23. The van der Waals surface area contributed by atoms with E-state index in [2.05, 4.69) is 10.3 Å². The Kier molecular flexibility index (Phi) is 3.42. The molecule has 1 aliphatic rings. The molecule has 1 aromatic carbocycles. The van der Waals surface area contributed by atoms with E-state index in [1.807, 2.05) is 18.2 Å². The molecule has 0 saturated carbocycles. The molecule has 1 unspecified atom stereocenters. The van der Waals surface area contributed by atoms with Crippen LogP contribution >= 0.6 is 11.3 Å². The van der Waals surface area contributed by atoms with Crippen LogP contribution in [0.1, 0.15) is 22.8 Å². The number of methoxy groups -OCH3 is 2. The zero-order valence-electron chi connectivity index (χ0n) is 11.7. The van der Waals surface area contributed by atoms with Crippen LogP contribution in [0.25, 0.3) is 0 Å². The van der Waals surface area contributed by atoms with Crippen LogP contribution in [0.15, 0.2) is 18.2 Å². The van der Waals surface area contributed by atoms with E-state index in [0.717, 1.165) is 16.2 Å². The average Bonchev–Trinajstić information content (AvgIpc) is 2.85. The summed E-state index contributed by atoms with van der Waals surface area (Å²) in [6, 6.07) is 5.56. The summed E-state index contributed by atoms with van der Waals surface area (Å²) in [5, 5.41) is 3.19. The van der Waals surface area contributed by atoms with Gasteiger partial charge in [-0.15, -0.1) is 0 Å². The number of ether oxygens (including phenoxy) is 2. The van der Waals surface area contributed by atoms with Crippen LogP contribution in [-0.4, -0.2) is 25.1 Å². The highest BCUT2D eigenvalue weighted by molar-refractivity contribution is 7.16. The third-order valence-corrected chi connectivity index (χ3v) is 4.44. The molecular formula is C14H15N3O3S. The molecular weight excluding hydrogens is 290 g/mol. The normalized spacial score (nSPS) is 17.0. The summed E-state index contributed by atoms with van der Waals surface area (Å²) in [5.41, 5.74) is 6.67. The fourth-order valence-electron chi connectivity index (χ4n) is 2.50. The highest BCUT2D eigenvalue weighted by Gasteiger charge is 2.32. The van der Waals surface area contributed by atoms with Crippen LogP contribution < -0.4 is 20.5 Å². The molecule has 0 fully saturated rings. The topological polar surface area (TPSA) is 86.5 Å². The van der Waals surface area contributed by atoms with Gasteiger partial charge in [0.15, 0.2) is 5.13 Å². The van der Waals surface area contributed by atoms with Gasteiger partial charge in [0.2, 0.25) is 5.91 Å². The molecule has 2 heterocycles. The summed E-state index contributed by atoms with van der Waals surface area (Å²) in [6.07, 6.45) is 0.332. The number of amides is 1. The van der Waals surface area contributed by atoms with Crippen molar-refractivity contribution in [2.45, 2.75) is 12.3 Å². The fourth-order valence-corrected chi connectivity index (χ4v) is 3.41. The van der Waals surface area contributed by atoms with Crippen molar-refractivity contribution >= 4 is 28.2 Å². The van der Waals surface area contributed by atoms with Gasteiger partial charge in [-0.3, -0.25) is 4.79 Å². The van der Waals surface area contributed by atoms with Crippen molar-refractivity contribution in [1.29, 1.82) is 0 Å². The number of anilines is 2. The number of benzene rings is 1. The number of fused-ring (bicyclic) bond motifs is 1. The maximum atomic E-state index is 11.9. The molecule has 1 atom stereocenters. The number of hydrogen-bond acceptors (Lipinski definition) is 6. The number of nitrogens with zero attached hydrogens (tertiary/aromatic N) is 1. The van der Waals surface area contributed by atoms with Crippen LogP contribution in [0.5, 0.6) is 11.5 Å². The van der Waals surface area contributed by atoms with Crippen LogP contribution in [-0.2, 0) is 4.79 Å². The summed E-state index contributed by atoms with van der Waals surface area (Å²) in [6.45, 7) is 0. The third kappa shape index (κ3) is 2.40. The molecule has 0 saturated heterocycles. The number of carbonyl (C=O) groups is 1. The number of nitrogens with one attached hydrogen (secondary N) is 1. The number of thiazole rings is 1. The lowest BCUT2D eigenvalue weighted by Gasteiger charge is -2.23. The van der Waals surface area contributed by atoms with E-state index >= 15 is 0 Å². The zero-order chi connectivity index (χ0) is 15.0. The second-order valence-corrected chi connectivity index (χ2v) is 5.74. The first-order valence-corrected chi connectivity index (χ1v) is 7.22. The SMILES string of the molecule is COc1ccc(OC)c(C2CC(=O)Nc3nc(N)sc32)c1. The van der Waals surface area contributed by atoms with Gasteiger partial charge in [0.1, 0.15) is 17.3 Å². The Balaban J connectivity index is 2.13. The average molecular weight is 305 g/mol. The maximum absolute atomic E-state index is 11.9. The first-order chi connectivity index (χ1) is 10.1. The van der Waals surface area contributed by atoms with Crippen molar-refractivity contribution in [1.82, 2.24) is 4.98 Å². The summed E-state index contributed by atoms with van der Waals surface area (Å²) < 4.78 is 10.7. The van der Waals surface area contributed by atoms with E-state index < -0.39 is 0 Å². The Hall–Kier alpha value is -2.28. The minimum Gasteiger partial charge on any atom is -0.497 e. The van der Waals surface area contributed by atoms with Crippen molar-refractivity contribution in [2.75, 3.05) is 25.3 Å². The molecule has 1 aromatic heterocycles. The van der Waals surface area contributed by atoms with Crippen LogP contribution in [0.2, 0.25) is 0 Å². The second kappa shape index (κ2) is 5.25. The first-order valence-electron chi connectivity index (χ1n) is 6.40. The van der Waals surface area contributed by atoms with E-state index in [4.69, 9.17) is 15.2 Å². The van der Waals surface area contributed by atoms with Crippen molar-refractivity contribution in [3.05, 3.63) is 28.6 Å². The predicted molar refractivity (Wildman–Crippen MR) is 81.2 cm³/mol. The zero-order valence-corrected chi connectivity index (χ0v) is 12.5. The monoisotopic (exact) mass is 305 g/mol. The van der Waals surface area contributed by atoms with Crippen LogP contribution in [0.4, 0.5) is 10.9 Å². The molecule has 21 heavy (non-hydrogen) atoms. The maximum Gasteiger partial charge on any atom is 0.226 e. The van der Waals surface area contributed by atoms with Gasteiger partial charge in [-0.1, -0.05) is 11.3 Å². The Morgan fingerprint density at radius 2 is 2.19 bits per heavy atom. The Bertz CT molecular complexity index is 699. The van der Waals surface area contributed by atoms with Gasteiger partial charge in [-0.2, -0.15) is 0 Å². The molecule has 0 aliphatic carbocycles. The third-order valence-electron chi connectivity index (χ3n) is 3.45. The molecule has 0 spiro atoms. The van der Waals surface area contributed by atoms with E-state index in [-0.39, 0.29) is 11.8 Å². The van der Waals surface area contributed by atoms with Gasteiger partial charge < -0.3 is 20.5 Å². The van der Waals surface area contributed by atoms with Crippen molar-refractivity contribution in [2.24, 2.45) is 0 Å². The fraction of sp³-hybridized carbons (Fsp3) is 0.286. The smallest absolute Gasteiger partial charge is 0.226 e. The lowest BCUT2D eigenvalue weighted by molar-refractivity contribution is -0.116. The van der Waals surface area contributed by atoms with Crippen molar-refractivity contribution in [3.8, 4) is 11.5 Å². The van der Waals surface area contributed by atoms with E-state index in [1.165, 1.54) is 11.3 Å². The molecule has 0 radical (unpaired) electrons. The molecule has 2 aromatic rings. The number of rotatable bonds is 3. The number of nitrogens with two attached hydrogens (primary N) is 1. The summed E-state index contributed by atoms with van der Waals surface area (Å²) >= 11 is 1.38. The molecule has 7 heteroatoms. The summed E-state index contributed by atoms with van der Waals surface area (Å²) in [5.74, 6) is 1.77. The van der Waals surface area contributed by atoms with E-state index in [0.29, 0.717) is 23.1 Å². The van der Waals surface area contributed by atoms with E-state index in [1.54, 1.807) is 14.2 Å². The molecule has 3 rings (SSSR count). The number of carbonyl (C=O) groups excluding carboxylic acids is 1. The summed E-state index contributed by atoms with van der Waals surface area (Å²) in [4.78, 5) is 17.0. The molecule has 3 N–H and O–H groups in total. The van der Waals surface area contributed by atoms with Gasteiger partial charge >= 0.3 is 0 Å². The van der Waals surface area contributed by atoms with Crippen LogP contribution in [0.3, 0.4) is 0 Å². The first kappa shape index (κ1) is 13.7. The van der Waals surface area contributed by atoms with Gasteiger partial charge in [-0.05, 0) is 18.2 Å². The van der Waals surface area contributed by atoms with Gasteiger partial charge in [-0.25, -0.2) is 4.98 Å². The van der Waals surface area contributed by atoms with E-state index in [9.17, 15) is 4.79 Å². The standard InChI is InChI=1S/C14H15N3O3S/c1-19-7-3-4-10(20-2)8(5-7)9-6-11(18)16-13-12(9)21-14(15)17-13/h3-5,9H,6H2,1-2H3,(H2,15,17)(H,16,18). The lowest BCUT2D eigenvalue weighted by atomic mass is 9.90. The van der Waals surface area contributed by atoms with Crippen molar-refractivity contribution in [3.63, 3.8) is 0 Å². The Morgan fingerprint density at radius 1 is 1.38 bits per heavy atom. The van der Waals surface area contributed by atoms with Gasteiger partial charge in [0.25, 0.3) is 0 Å². The minimum absolute atomic E-state index is 0.0809. The number of hydrogen-bond donors (Lipinski definition) is 2. The van der Waals surface area contributed by atoms with Gasteiger partial charge in [0.05, 0.1) is 19.1 Å². The highest BCUT2D eigenvalue weighted by Crippen LogP contribution is 2.44. The molecule has 6 nitrogen and oxygen atoms in total. The molecule has 1 amide bonds. The Labute approximate surface area is 125 Å². The molecule has 110 valence electrons. The van der Waals surface area contributed by atoms with Crippen LogP contribution in [0, 0.1) is 0 Å². The molecule has 1 aliphatic heterocycles. The molecule has 0 bridgehead atoms. The predicted octanol–water partition coefficient (Wildman–Crippen LogP) is 2.22.